The van der Waals surface area contributed by atoms with Gasteiger partial charge < -0.3 is 29.5 Å². The number of halogens is 1. The third kappa shape index (κ3) is 6.46. The molecule has 0 saturated carbocycles. The number of amides is 1. The van der Waals surface area contributed by atoms with Gasteiger partial charge in [-0.2, -0.15) is 15.2 Å². The number of alkyl halides is 1. The standard InChI is InChI=1S/C27H28FN7O9/c1-26(2,3)44-25(41)33-19-17-20(34-24(30-4)32-19)35(12-31-17)21-16(28)18(36)15(43-21)11-42-27(22(37)38,23(39)40)9-13-6-5-7-14(8-13)10-29/h5-8,12,15-16,18,21,36H,4,9,11H2,1-3H3,(H,37,38)(H,39,40)(H,32,33,34,41)/t15-,16+,18-,21-/m1/s1. The van der Waals surface area contributed by atoms with Crippen molar-refractivity contribution < 1.29 is 48.3 Å². The number of carboxylic acids is 2. The van der Waals surface area contributed by atoms with Crippen LogP contribution in [0.5, 0.6) is 0 Å². The quantitative estimate of drug-likeness (QED) is 0.190. The molecule has 232 valence electrons. The van der Waals surface area contributed by atoms with E-state index in [4.69, 9.17) is 19.5 Å². The molecule has 1 aromatic carbocycles. The monoisotopic (exact) mass is 613 g/mol. The molecule has 3 aromatic rings. The Morgan fingerprint density at radius 2 is 1.95 bits per heavy atom. The Morgan fingerprint density at radius 3 is 2.57 bits per heavy atom. The number of aliphatic carboxylic acids is 2. The maximum atomic E-state index is 15.5. The fourth-order valence-electron chi connectivity index (χ4n) is 4.39. The molecule has 0 bridgehead atoms. The van der Waals surface area contributed by atoms with Gasteiger partial charge in [0.25, 0.3) is 11.5 Å². The summed E-state index contributed by atoms with van der Waals surface area (Å²) in [5.74, 6) is -4.07. The SMILES string of the molecule is C=Nc1nc(NC(=O)OC(C)(C)C)c2ncn([C@@H]3O[C@H](COC(Cc4cccc(C#N)c4)(C(=O)O)C(=O)O)[C@@H](O)[C@@H]3F)c2n1. The van der Waals surface area contributed by atoms with Crippen molar-refractivity contribution in [2.75, 3.05) is 11.9 Å². The number of aliphatic imine (C=N–C) groups is 1. The van der Waals surface area contributed by atoms with Gasteiger partial charge in [-0.15, -0.1) is 0 Å². The normalized spacial score (nSPS) is 20.2. The molecular weight excluding hydrogens is 585 g/mol. The number of anilines is 1. The molecule has 2 aromatic heterocycles. The Kier molecular flexibility index (Phi) is 8.90. The van der Waals surface area contributed by atoms with Gasteiger partial charge in [0.1, 0.15) is 17.8 Å². The molecule has 16 nitrogen and oxygen atoms in total. The Hall–Kier alpha value is -5.05. The number of carbonyl (C=O) groups excluding carboxylic acids is 1. The summed E-state index contributed by atoms with van der Waals surface area (Å²) in [6.07, 6.45) is -7.61. The van der Waals surface area contributed by atoms with Gasteiger partial charge in [0, 0.05) is 6.42 Å². The van der Waals surface area contributed by atoms with Crippen molar-refractivity contribution in [2.24, 2.45) is 4.99 Å². The lowest BCUT2D eigenvalue weighted by molar-refractivity contribution is -0.190. The summed E-state index contributed by atoms with van der Waals surface area (Å²) < 4.78 is 32.8. The molecule has 4 atom stereocenters. The van der Waals surface area contributed by atoms with E-state index >= 15 is 4.39 Å². The van der Waals surface area contributed by atoms with Crippen LogP contribution in [-0.2, 0) is 30.2 Å². The van der Waals surface area contributed by atoms with E-state index in [0.29, 0.717) is 0 Å². The zero-order valence-corrected chi connectivity index (χ0v) is 23.7. The fraction of sp³-hybridized carbons (Fsp3) is 0.407. The van der Waals surface area contributed by atoms with Crippen LogP contribution in [0, 0.1) is 11.3 Å². The summed E-state index contributed by atoms with van der Waals surface area (Å²) in [7, 11) is 0. The average Bonchev–Trinajstić information content (AvgIpc) is 3.50. The predicted molar refractivity (Wildman–Crippen MR) is 148 cm³/mol. The second-order valence-corrected chi connectivity index (χ2v) is 10.7. The van der Waals surface area contributed by atoms with E-state index in [1.165, 1.54) is 24.3 Å². The summed E-state index contributed by atoms with van der Waals surface area (Å²) in [4.78, 5) is 52.7. The van der Waals surface area contributed by atoms with E-state index in [1.807, 2.05) is 6.07 Å². The summed E-state index contributed by atoms with van der Waals surface area (Å²) in [6, 6.07) is 7.51. The molecule has 17 heteroatoms. The Bertz CT molecular complexity index is 1630. The van der Waals surface area contributed by atoms with Gasteiger partial charge in [-0.1, -0.05) is 12.1 Å². The minimum Gasteiger partial charge on any atom is -0.479 e. The highest BCUT2D eigenvalue weighted by molar-refractivity contribution is 6.02. The number of ether oxygens (including phenoxy) is 3. The molecule has 0 spiro atoms. The van der Waals surface area contributed by atoms with Crippen LogP contribution < -0.4 is 5.32 Å². The summed E-state index contributed by atoms with van der Waals surface area (Å²) in [6.45, 7) is 7.48. The van der Waals surface area contributed by atoms with Crippen molar-refractivity contribution in [1.29, 1.82) is 5.26 Å². The van der Waals surface area contributed by atoms with Crippen molar-refractivity contribution in [2.45, 2.75) is 63.0 Å². The Labute approximate surface area is 248 Å². The number of hydrogen-bond donors (Lipinski definition) is 4. The largest absolute Gasteiger partial charge is 0.479 e. The Morgan fingerprint density at radius 1 is 1.25 bits per heavy atom. The van der Waals surface area contributed by atoms with E-state index in [0.717, 1.165) is 10.9 Å². The summed E-state index contributed by atoms with van der Waals surface area (Å²) >= 11 is 0. The first kappa shape index (κ1) is 31.9. The van der Waals surface area contributed by atoms with E-state index in [2.05, 4.69) is 32.0 Å². The van der Waals surface area contributed by atoms with E-state index < -0.39 is 66.9 Å². The van der Waals surface area contributed by atoms with Crippen LogP contribution in [0.2, 0.25) is 0 Å². The van der Waals surface area contributed by atoms with Crippen LogP contribution in [0.1, 0.15) is 38.1 Å². The first-order valence-corrected chi connectivity index (χ1v) is 13.0. The van der Waals surface area contributed by atoms with Gasteiger partial charge in [-0.25, -0.2) is 28.8 Å². The molecule has 1 amide bonds. The third-order valence-corrected chi connectivity index (χ3v) is 6.43. The van der Waals surface area contributed by atoms with Crippen molar-refractivity contribution in [3.05, 3.63) is 41.7 Å². The van der Waals surface area contributed by atoms with Crippen molar-refractivity contribution >= 4 is 47.7 Å². The molecule has 0 radical (unpaired) electrons. The lowest BCUT2D eigenvalue weighted by Gasteiger charge is -2.27. The van der Waals surface area contributed by atoms with Crippen LogP contribution in [0.15, 0.2) is 35.6 Å². The highest BCUT2D eigenvalue weighted by Crippen LogP contribution is 2.36. The number of carboxylic acid groups (broad SMARTS) is 2. The lowest BCUT2D eigenvalue weighted by atomic mass is 9.93. The van der Waals surface area contributed by atoms with Gasteiger partial charge in [0.05, 0.1) is 24.6 Å². The second-order valence-electron chi connectivity index (χ2n) is 10.7. The van der Waals surface area contributed by atoms with Crippen LogP contribution in [0.4, 0.5) is 21.0 Å². The number of benzene rings is 1. The molecule has 0 unspecified atom stereocenters. The number of fused-ring (bicyclic) bond motifs is 1. The first-order chi connectivity index (χ1) is 20.7. The number of aliphatic hydroxyl groups excluding tert-OH is 1. The molecule has 3 heterocycles. The molecule has 1 saturated heterocycles. The minimum atomic E-state index is -2.86. The summed E-state index contributed by atoms with van der Waals surface area (Å²) in [5.41, 5.74) is -3.43. The third-order valence-electron chi connectivity index (χ3n) is 6.43. The van der Waals surface area contributed by atoms with Crippen molar-refractivity contribution in [3.8, 4) is 6.07 Å². The number of carbonyl (C=O) groups is 3. The van der Waals surface area contributed by atoms with Gasteiger partial charge in [-0.05, 0) is 45.2 Å². The van der Waals surface area contributed by atoms with Crippen molar-refractivity contribution in [1.82, 2.24) is 19.5 Å². The zero-order chi connectivity index (χ0) is 32.4. The molecular formula is C27H28FN7O9. The smallest absolute Gasteiger partial charge is 0.413 e. The molecule has 1 aliphatic rings. The molecule has 1 fully saturated rings. The molecule has 1 aliphatic heterocycles. The maximum absolute atomic E-state index is 15.5. The van der Waals surface area contributed by atoms with E-state index in [9.17, 15) is 29.7 Å². The number of imidazole rings is 1. The lowest BCUT2D eigenvalue weighted by Crippen LogP contribution is -2.52. The van der Waals surface area contributed by atoms with Crippen LogP contribution in [-0.4, -0.2) is 95.8 Å². The van der Waals surface area contributed by atoms with E-state index in [-0.39, 0.29) is 34.1 Å². The summed E-state index contributed by atoms with van der Waals surface area (Å²) in [5, 5.41) is 41.9. The number of aliphatic hydroxyl groups is 1. The molecule has 4 rings (SSSR count). The van der Waals surface area contributed by atoms with Crippen LogP contribution >= 0.6 is 0 Å². The molecule has 4 N–H and O–H groups in total. The highest BCUT2D eigenvalue weighted by atomic mass is 19.1. The topological polar surface area (TPSA) is 231 Å². The predicted octanol–water partition coefficient (Wildman–Crippen LogP) is 2.14. The van der Waals surface area contributed by atoms with Gasteiger partial charge >= 0.3 is 18.0 Å². The van der Waals surface area contributed by atoms with Gasteiger partial charge in [0.15, 0.2) is 29.4 Å². The number of rotatable bonds is 10. The molecule has 44 heavy (non-hydrogen) atoms. The second kappa shape index (κ2) is 12.3. The Balaban J connectivity index is 1.60. The van der Waals surface area contributed by atoms with Gasteiger partial charge in [0.2, 0.25) is 0 Å². The number of aromatic nitrogens is 4. The minimum absolute atomic E-state index is 0.0105. The number of hydrogen-bond acceptors (Lipinski definition) is 12. The maximum Gasteiger partial charge on any atom is 0.413 e. The van der Waals surface area contributed by atoms with Crippen LogP contribution in [0.25, 0.3) is 11.2 Å². The number of nitrogens with zero attached hydrogens (tertiary/aromatic N) is 6. The van der Waals surface area contributed by atoms with Crippen molar-refractivity contribution in [3.63, 3.8) is 0 Å². The zero-order valence-electron chi connectivity index (χ0n) is 23.7. The molecule has 0 aliphatic carbocycles. The van der Waals surface area contributed by atoms with Crippen LogP contribution in [0.3, 0.4) is 0 Å². The van der Waals surface area contributed by atoms with E-state index in [1.54, 1.807) is 20.8 Å². The first-order valence-electron chi connectivity index (χ1n) is 13.0. The fourth-order valence-corrected chi connectivity index (χ4v) is 4.39. The number of nitrogens with one attached hydrogen (secondary N) is 1. The average molecular weight is 614 g/mol. The highest BCUT2D eigenvalue weighted by Gasteiger charge is 2.52. The number of nitriles is 1. The van der Waals surface area contributed by atoms with Gasteiger partial charge in [-0.3, -0.25) is 9.88 Å².